The minimum absolute atomic E-state index is 0.107. The van der Waals surface area contributed by atoms with Crippen LogP contribution >= 0.6 is 23.2 Å². The molecule has 0 unspecified atom stereocenters. The van der Waals surface area contributed by atoms with E-state index in [1.54, 1.807) is 36.4 Å². The first kappa shape index (κ1) is 42.2. The summed E-state index contributed by atoms with van der Waals surface area (Å²) in [6, 6.07) is 28.4. The van der Waals surface area contributed by atoms with Gasteiger partial charge in [0.1, 0.15) is 10.1 Å². The van der Waals surface area contributed by atoms with Crippen molar-refractivity contribution >= 4 is 117 Å². The summed E-state index contributed by atoms with van der Waals surface area (Å²) in [5.74, 6) is -3.92. The molecule has 3 heterocycles. The summed E-state index contributed by atoms with van der Waals surface area (Å²) in [6.07, 6.45) is 0. The number of carboxylic acids is 3. The first-order valence-electron chi connectivity index (χ1n) is 20.4. The fourth-order valence-corrected chi connectivity index (χ4v) is 11.2. The molecule has 65 heavy (non-hydrogen) atoms. The van der Waals surface area contributed by atoms with Crippen molar-refractivity contribution in [3.8, 4) is 11.1 Å². The Kier molecular flexibility index (Phi) is 9.33. The number of benzene rings is 7. The highest BCUT2D eigenvalue weighted by atomic mass is 35.5. The molecule has 0 spiro atoms. The third kappa shape index (κ3) is 6.24. The van der Waals surface area contributed by atoms with E-state index in [2.05, 4.69) is 18.7 Å². The van der Waals surface area contributed by atoms with Gasteiger partial charge in [-0.2, -0.15) is 0 Å². The predicted molar refractivity (Wildman–Crippen MR) is 250 cm³/mol. The first-order valence-corrected chi connectivity index (χ1v) is 22.5. The molecule has 2 aliphatic heterocycles. The van der Waals surface area contributed by atoms with Crippen molar-refractivity contribution in [1.29, 1.82) is 0 Å². The summed E-state index contributed by atoms with van der Waals surface area (Å²) in [6.45, 7) is 8.97. The normalized spacial score (nSPS) is 15.2. The van der Waals surface area contributed by atoms with Crippen molar-refractivity contribution in [2.45, 2.75) is 43.4 Å². The molecule has 0 radical (unpaired) electrons. The number of rotatable bonds is 7. The Morgan fingerprint density at radius 2 is 1.08 bits per heavy atom. The summed E-state index contributed by atoms with van der Waals surface area (Å²) < 4.78 is 43.4. The van der Waals surface area contributed by atoms with Gasteiger partial charge in [-0.25, -0.2) is 27.2 Å². The minimum Gasteiger partial charge on any atom is -0.744 e. The van der Waals surface area contributed by atoms with Crippen molar-refractivity contribution in [2.24, 2.45) is 0 Å². The lowest BCUT2D eigenvalue weighted by Crippen LogP contribution is -2.25. The highest BCUT2D eigenvalue weighted by molar-refractivity contribution is 7.85. The van der Waals surface area contributed by atoms with Crippen LogP contribution in [0.25, 0.3) is 54.6 Å². The number of carbonyl (C=O) groups is 3. The van der Waals surface area contributed by atoms with E-state index in [0.29, 0.717) is 62.4 Å². The van der Waals surface area contributed by atoms with Crippen LogP contribution in [0.3, 0.4) is 0 Å². The summed E-state index contributed by atoms with van der Waals surface area (Å²) >= 11 is 14.1. The molecule has 0 fully saturated rings. The molecule has 0 amide bonds. The molecule has 0 saturated carbocycles. The third-order valence-electron chi connectivity index (χ3n) is 12.8. The molecule has 0 aliphatic carbocycles. The average molecular weight is 928 g/mol. The van der Waals surface area contributed by atoms with E-state index in [-0.39, 0.29) is 26.1 Å². The second kappa shape index (κ2) is 14.4. The predicted octanol–water partition coefficient (Wildman–Crippen LogP) is 12.0. The number of carboxylic acid groups (broad SMARTS) is 3. The van der Waals surface area contributed by atoms with Gasteiger partial charge in [0, 0.05) is 68.0 Å². The van der Waals surface area contributed by atoms with Gasteiger partial charge >= 0.3 is 29.1 Å². The maximum Gasteiger partial charge on any atom is 0.367 e. The summed E-state index contributed by atoms with van der Waals surface area (Å²) in [4.78, 5) is 42.2. The lowest BCUT2D eigenvalue weighted by atomic mass is 9.79. The number of nitrogens with zero attached hydrogens (tertiary/aromatic N) is 2. The quantitative estimate of drug-likeness (QED) is 0.0595. The van der Waals surface area contributed by atoms with Crippen LogP contribution in [0.5, 0.6) is 0 Å². The fraction of sp³-hybridized carbons (Fsp3) is 0.160. The third-order valence-corrected chi connectivity index (χ3v) is 14.3. The standard InChI is InChI=1S/C50H36Cl2N2O10S/c1-49(2)22-53(25-15-13-24(14-16-25)46(55)56)42-30-11-7-5-9-28(30)34-37(38-36(48(59)60)33(51)21-32(41(38)52)47(57)58)35-29-10-6-8-12-31(29)43-40(45(35)64-44(34)39(42)49)50(3,4)23-54(43)26-17-19-27(20-18-26)65(61,62)63/h5-21H,22-23H2,1-4H3,(H3-,55,56,57,58,59,60,61,62,63). The van der Waals surface area contributed by atoms with Crippen LogP contribution in [-0.4, -0.2) is 59.3 Å². The lowest BCUT2D eigenvalue weighted by molar-refractivity contribution is 0.0682. The summed E-state index contributed by atoms with van der Waals surface area (Å²) in [5.41, 5.74) is 3.16. The second-order valence-corrected chi connectivity index (χ2v) is 19.9. The van der Waals surface area contributed by atoms with Crippen molar-refractivity contribution in [3.63, 3.8) is 0 Å². The Hall–Kier alpha value is -6.77. The smallest absolute Gasteiger partial charge is 0.367 e. The summed E-state index contributed by atoms with van der Waals surface area (Å²) in [5, 5.41) is 34.3. The van der Waals surface area contributed by atoms with Crippen LogP contribution in [0.15, 0.2) is 112 Å². The van der Waals surface area contributed by atoms with Gasteiger partial charge in [0.15, 0.2) is 0 Å². The Morgan fingerprint density at radius 1 is 0.631 bits per heavy atom. The zero-order chi connectivity index (χ0) is 46.2. The highest BCUT2D eigenvalue weighted by Crippen LogP contribution is 2.60. The number of fused-ring (bicyclic) bond motifs is 12. The van der Waals surface area contributed by atoms with Crippen LogP contribution in [0.2, 0.25) is 10.0 Å². The molecule has 12 nitrogen and oxygen atoms in total. The zero-order valence-corrected chi connectivity index (χ0v) is 37.3. The molecule has 10 rings (SSSR count). The Morgan fingerprint density at radius 3 is 1.49 bits per heavy atom. The molecule has 2 aliphatic rings. The molecule has 0 bridgehead atoms. The highest BCUT2D eigenvalue weighted by Gasteiger charge is 2.49. The lowest BCUT2D eigenvalue weighted by Gasteiger charge is -2.23. The SMILES string of the molecule is CC1(C)CN(c2ccc(C(=O)O)cc2)c2c1c1[o+]c3c4c(c5ccccc5c3c(-c3c(Cl)c(C(=O)O)cc(Cl)c3C(=O)O)c1c1ccccc21)N(c1ccc(S(=O)(=O)[O-])cc1)CC4(C)C. The van der Waals surface area contributed by atoms with Gasteiger partial charge in [-0.3, -0.25) is 0 Å². The van der Waals surface area contributed by atoms with Gasteiger partial charge < -0.3 is 29.7 Å². The van der Waals surface area contributed by atoms with E-state index >= 15 is 0 Å². The van der Waals surface area contributed by atoms with E-state index in [9.17, 15) is 42.7 Å². The van der Waals surface area contributed by atoms with Crippen molar-refractivity contribution in [2.75, 3.05) is 22.9 Å². The van der Waals surface area contributed by atoms with Crippen LogP contribution in [0.4, 0.5) is 22.7 Å². The average Bonchev–Trinajstić information content (AvgIpc) is 3.72. The molecule has 3 N–H and O–H groups in total. The van der Waals surface area contributed by atoms with E-state index in [4.69, 9.17) is 27.6 Å². The summed E-state index contributed by atoms with van der Waals surface area (Å²) in [7, 11) is -4.73. The molecule has 0 atom stereocenters. The van der Waals surface area contributed by atoms with Crippen molar-refractivity contribution in [3.05, 3.63) is 141 Å². The van der Waals surface area contributed by atoms with Crippen molar-refractivity contribution < 1.29 is 47.1 Å². The molecule has 15 heteroatoms. The number of hydrogen-bond donors (Lipinski definition) is 3. The number of anilines is 4. The number of aromatic carboxylic acids is 3. The van der Waals surface area contributed by atoms with E-state index in [1.165, 1.54) is 12.1 Å². The maximum atomic E-state index is 13.6. The topological polar surface area (TPSA) is 187 Å². The molecule has 1 aromatic heterocycles. The number of halogens is 2. The Balaban J connectivity index is 1.46. The van der Waals surface area contributed by atoms with Gasteiger partial charge in [-0.15, -0.1) is 0 Å². The largest absolute Gasteiger partial charge is 0.744 e. The molecule has 326 valence electrons. The molecular weight excluding hydrogens is 892 g/mol. The molecule has 8 aromatic rings. The van der Waals surface area contributed by atoms with Gasteiger partial charge in [0.05, 0.1) is 64.9 Å². The van der Waals surface area contributed by atoms with E-state index in [0.717, 1.165) is 39.6 Å². The van der Waals surface area contributed by atoms with E-state index < -0.39 is 50.0 Å². The maximum absolute atomic E-state index is 13.6. The second-order valence-electron chi connectivity index (χ2n) is 17.7. The Labute approximate surface area is 381 Å². The van der Waals surface area contributed by atoms with Crippen LogP contribution < -0.4 is 9.80 Å². The minimum atomic E-state index is -4.73. The first-order chi connectivity index (χ1) is 30.7. The zero-order valence-electron chi connectivity index (χ0n) is 35.0. The van der Waals surface area contributed by atoms with Gasteiger partial charge in [-0.1, -0.05) is 99.4 Å². The van der Waals surface area contributed by atoms with Gasteiger partial charge in [0.25, 0.3) is 0 Å². The van der Waals surface area contributed by atoms with E-state index in [1.807, 2.05) is 67.3 Å². The van der Waals surface area contributed by atoms with Gasteiger partial charge in [0.2, 0.25) is 0 Å². The van der Waals surface area contributed by atoms with Crippen LogP contribution in [-0.2, 0) is 20.9 Å². The molecular formula is C50H36Cl2N2O10S. The molecule has 7 aromatic carbocycles. The Bertz CT molecular complexity index is 3590. The van der Waals surface area contributed by atoms with Crippen molar-refractivity contribution in [1.82, 2.24) is 0 Å². The van der Waals surface area contributed by atoms with Gasteiger partial charge in [-0.05, 0) is 54.6 Å². The fourth-order valence-electron chi connectivity index (χ4n) is 10.1. The van der Waals surface area contributed by atoms with Crippen LogP contribution in [0, 0.1) is 0 Å². The monoisotopic (exact) mass is 926 g/mol. The van der Waals surface area contributed by atoms with Crippen LogP contribution in [0.1, 0.15) is 69.9 Å². The molecule has 0 saturated heterocycles. The number of hydrogen-bond acceptors (Lipinski definition) is 8.